The van der Waals surface area contributed by atoms with E-state index in [1.165, 1.54) is 22.8 Å². The zero-order chi connectivity index (χ0) is 22.5. The third kappa shape index (κ3) is 5.59. The third-order valence-corrected chi connectivity index (χ3v) is 5.61. The molecule has 3 aromatic carbocycles. The number of ether oxygens (including phenoxy) is 2. The van der Waals surface area contributed by atoms with Gasteiger partial charge in [-0.05, 0) is 71.5 Å². The molecule has 0 saturated carbocycles. The van der Waals surface area contributed by atoms with E-state index >= 15 is 0 Å². The topological polar surface area (TPSA) is 61.6 Å². The molecule has 0 radical (unpaired) electrons. The molecule has 2 N–H and O–H groups in total. The van der Waals surface area contributed by atoms with Crippen molar-refractivity contribution >= 4 is 17.5 Å². The molecule has 5 heteroatoms. The molecular formula is C27H24ClNO3. The Kier molecular flexibility index (Phi) is 6.62. The summed E-state index contributed by atoms with van der Waals surface area (Å²) in [6.45, 7) is 2.99. The molecule has 0 heterocycles. The molecule has 0 aliphatic heterocycles. The van der Waals surface area contributed by atoms with Crippen LogP contribution in [0.1, 0.15) is 38.2 Å². The van der Waals surface area contributed by atoms with E-state index in [1.54, 1.807) is 12.1 Å². The number of hydrogen-bond acceptors (Lipinski definition) is 3. The van der Waals surface area contributed by atoms with Gasteiger partial charge in [-0.3, -0.25) is 4.79 Å². The molecule has 0 atom stereocenters. The number of hydrogen-bond donors (Lipinski definition) is 1. The summed E-state index contributed by atoms with van der Waals surface area (Å²) in [6, 6.07) is 25.1. The molecule has 32 heavy (non-hydrogen) atoms. The van der Waals surface area contributed by atoms with Crippen LogP contribution in [-0.2, 0) is 19.6 Å². The van der Waals surface area contributed by atoms with Gasteiger partial charge in [-0.25, -0.2) is 0 Å². The van der Waals surface area contributed by atoms with E-state index in [4.69, 9.17) is 26.8 Å². The average molecular weight is 446 g/mol. The van der Waals surface area contributed by atoms with Crippen molar-refractivity contribution in [3.05, 3.63) is 117 Å². The molecule has 4 rings (SSSR count). The maximum absolute atomic E-state index is 11.2. The van der Waals surface area contributed by atoms with Crippen LogP contribution in [0.5, 0.6) is 11.5 Å². The van der Waals surface area contributed by atoms with Crippen molar-refractivity contribution in [3.63, 3.8) is 0 Å². The predicted molar refractivity (Wildman–Crippen MR) is 127 cm³/mol. The Morgan fingerprint density at radius 2 is 1.59 bits per heavy atom. The van der Waals surface area contributed by atoms with Crippen molar-refractivity contribution < 1.29 is 14.3 Å². The fourth-order valence-corrected chi connectivity index (χ4v) is 3.55. The van der Waals surface area contributed by atoms with Crippen molar-refractivity contribution in [1.82, 2.24) is 0 Å². The minimum atomic E-state index is -0.525. The molecular weight excluding hydrogens is 422 g/mol. The zero-order valence-electron chi connectivity index (χ0n) is 17.8. The number of primary amides is 1. The first-order valence-corrected chi connectivity index (χ1v) is 10.8. The van der Waals surface area contributed by atoms with Gasteiger partial charge in [0.25, 0.3) is 0 Å². The van der Waals surface area contributed by atoms with Gasteiger partial charge < -0.3 is 15.2 Å². The number of halogens is 1. The molecule has 1 amide bonds. The number of amides is 1. The Bertz CT molecular complexity index is 1200. The highest BCUT2D eigenvalue weighted by Crippen LogP contribution is 2.29. The highest BCUT2D eigenvalue weighted by molar-refractivity contribution is 6.32. The Balaban J connectivity index is 1.35. The van der Waals surface area contributed by atoms with Gasteiger partial charge in [0, 0.05) is 5.56 Å². The number of nitrogens with two attached hydrogens (primary N) is 1. The van der Waals surface area contributed by atoms with Crippen molar-refractivity contribution in [3.8, 4) is 11.5 Å². The van der Waals surface area contributed by atoms with Crippen LogP contribution >= 0.6 is 11.6 Å². The van der Waals surface area contributed by atoms with Crippen molar-refractivity contribution in [2.24, 2.45) is 5.73 Å². The van der Waals surface area contributed by atoms with Gasteiger partial charge in [-0.2, -0.15) is 0 Å². The van der Waals surface area contributed by atoms with Crippen molar-refractivity contribution in [1.29, 1.82) is 0 Å². The van der Waals surface area contributed by atoms with E-state index in [0.717, 1.165) is 23.3 Å². The van der Waals surface area contributed by atoms with Crippen molar-refractivity contribution in [2.75, 3.05) is 0 Å². The summed E-state index contributed by atoms with van der Waals surface area (Å²) >= 11 is 6.17. The zero-order valence-corrected chi connectivity index (χ0v) is 18.6. The second kappa shape index (κ2) is 9.75. The number of fused-ring (bicyclic) bond motifs is 1. The highest BCUT2D eigenvalue weighted by Gasteiger charge is 2.15. The minimum absolute atomic E-state index is 0.346. The lowest BCUT2D eigenvalue weighted by Crippen LogP contribution is -2.10. The molecule has 1 aliphatic carbocycles. The average Bonchev–Trinajstić information content (AvgIpc) is 3.57. The molecule has 0 unspecified atom stereocenters. The smallest absolute Gasteiger partial charge is 0.248 e. The van der Waals surface area contributed by atoms with Gasteiger partial charge in [0.05, 0.1) is 5.02 Å². The largest absolute Gasteiger partial charge is 0.489 e. The van der Waals surface area contributed by atoms with Gasteiger partial charge in [0.2, 0.25) is 5.91 Å². The summed E-state index contributed by atoms with van der Waals surface area (Å²) in [5, 5.41) is 0.349. The molecule has 0 aromatic heterocycles. The van der Waals surface area contributed by atoms with E-state index in [9.17, 15) is 4.79 Å². The highest BCUT2D eigenvalue weighted by atomic mass is 35.5. The van der Waals surface area contributed by atoms with E-state index in [0.29, 0.717) is 29.5 Å². The second-order valence-electron chi connectivity index (χ2n) is 7.72. The van der Waals surface area contributed by atoms with E-state index in [2.05, 4.69) is 37.3 Å². The van der Waals surface area contributed by atoms with Crippen LogP contribution in [-0.4, -0.2) is 5.91 Å². The SMILES string of the molecule is Cc1ccccc(COc2ccc(COc3ccc(C(N)=O)cc3Cl)cc2)ccc2c1C2. The number of carbonyl (C=O) groups excluding carboxylic acids is 1. The Labute approximate surface area is 192 Å². The normalized spacial score (nSPS) is 11.2. The lowest BCUT2D eigenvalue weighted by molar-refractivity contribution is 0.1000. The Hall–Kier alpha value is -3.50. The first-order valence-electron chi connectivity index (χ1n) is 10.4. The van der Waals surface area contributed by atoms with E-state index < -0.39 is 5.91 Å². The molecule has 1 aliphatic rings. The van der Waals surface area contributed by atoms with Crippen molar-refractivity contribution in [2.45, 2.75) is 26.6 Å². The lowest BCUT2D eigenvalue weighted by atomic mass is 10.2. The molecule has 0 saturated heterocycles. The number of rotatable bonds is 7. The van der Waals surface area contributed by atoms with Gasteiger partial charge in [-0.15, -0.1) is 0 Å². The van der Waals surface area contributed by atoms with Crippen LogP contribution in [0.4, 0.5) is 0 Å². The Morgan fingerprint density at radius 1 is 0.906 bits per heavy atom. The third-order valence-electron chi connectivity index (χ3n) is 5.31. The quantitative estimate of drug-likeness (QED) is 0.383. The van der Waals surface area contributed by atoms with Crippen LogP contribution in [0.3, 0.4) is 0 Å². The summed E-state index contributed by atoms with van der Waals surface area (Å²) in [5.74, 6) is 0.761. The van der Waals surface area contributed by atoms with Crippen LogP contribution in [0.15, 0.2) is 78.9 Å². The number of aryl methyl sites for hydroxylation is 1. The molecule has 3 aromatic rings. The van der Waals surface area contributed by atoms with E-state index in [1.807, 2.05) is 30.3 Å². The standard InChI is InChI=1S/C27H24ClNO3/c1-18-4-2-3-5-19(6-9-21-14-24(18)21)16-31-23-11-7-20(8-12-23)17-32-26-13-10-22(27(29)30)15-25(26)28/h2-13,15H,14,16-17H2,1H3,(H2,29,30). The fourth-order valence-electron chi connectivity index (χ4n) is 3.32. The summed E-state index contributed by atoms with van der Waals surface area (Å²) in [6.07, 6.45) is 1.07. The molecule has 0 spiro atoms. The summed E-state index contributed by atoms with van der Waals surface area (Å²) in [7, 11) is 0. The van der Waals surface area contributed by atoms with Crippen LogP contribution in [0, 0.1) is 6.92 Å². The number of carbonyl (C=O) groups is 1. The molecule has 4 nitrogen and oxygen atoms in total. The first-order chi connectivity index (χ1) is 15.5. The summed E-state index contributed by atoms with van der Waals surface area (Å²) in [4.78, 5) is 11.2. The maximum atomic E-state index is 11.2. The van der Waals surface area contributed by atoms with Gasteiger partial charge in [-0.1, -0.05) is 60.1 Å². The monoisotopic (exact) mass is 445 g/mol. The Morgan fingerprint density at radius 3 is 2.34 bits per heavy atom. The van der Waals surface area contributed by atoms with Gasteiger partial charge in [0.15, 0.2) is 0 Å². The van der Waals surface area contributed by atoms with Gasteiger partial charge in [0.1, 0.15) is 24.7 Å². The van der Waals surface area contributed by atoms with Crippen LogP contribution in [0.25, 0.3) is 0 Å². The first kappa shape index (κ1) is 21.7. The van der Waals surface area contributed by atoms with E-state index in [-0.39, 0.29) is 0 Å². The van der Waals surface area contributed by atoms with Gasteiger partial charge >= 0.3 is 0 Å². The molecule has 0 bridgehead atoms. The maximum Gasteiger partial charge on any atom is 0.248 e. The van der Waals surface area contributed by atoms with Crippen LogP contribution in [0.2, 0.25) is 5.02 Å². The predicted octanol–water partition coefficient (Wildman–Crippen LogP) is 5.93. The fraction of sp³-hybridized carbons (Fsp3) is 0.148. The second-order valence-corrected chi connectivity index (χ2v) is 8.13. The minimum Gasteiger partial charge on any atom is -0.489 e. The van der Waals surface area contributed by atoms with Crippen LogP contribution < -0.4 is 15.2 Å². The lowest BCUT2D eigenvalue weighted by Gasteiger charge is -2.10. The molecule has 162 valence electrons. The molecule has 0 fully saturated rings. The summed E-state index contributed by atoms with van der Waals surface area (Å²) < 4.78 is 11.7. The number of benzene rings is 2. The summed E-state index contributed by atoms with van der Waals surface area (Å²) in [5.41, 5.74) is 11.9.